The van der Waals surface area contributed by atoms with Crippen LogP contribution in [0.2, 0.25) is 0 Å². The van der Waals surface area contributed by atoms with Gasteiger partial charge in [0.05, 0.1) is 18.0 Å². The van der Waals surface area contributed by atoms with Crippen LogP contribution in [0, 0.1) is 6.92 Å². The Labute approximate surface area is 116 Å². The van der Waals surface area contributed by atoms with E-state index in [9.17, 15) is 4.79 Å². The van der Waals surface area contributed by atoms with Gasteiger partial charge in [0.1, 0.15) is 12.4 Å². The minimum absolute atomic E-state index is 0.0365. The Morgan fingerprint density at radius 3 is 2.95 bits per heavy atom. The summed E-state index contributed by atoms with van der Waals surface area (Å²) in [5, 5.41) is 12.0. The fourth-order valence-electron chi connectivity index (χ4n) is 2.42. The van der Waals surface area contributed by atoms with Crippen LogP contribution in [0.5, 0.6) is 0 Å². The third kappa shape index (κ3) is 2.12. The second-order valence-corrected chi connectivity index (χ2v) is 4.79. The monoisotopic (exact) mass is 269 g/mol. The van der Waals surface area contributed by atoms with Crippen LogP contribution in [-0.4, -0.2) is 22.5 Å². The van der Waals surface area contributed by atoms with E-state index in [0.29, 0.717) is 0 Å². The van der Waals surface area contributed by atoms with Crippen LogP contribution in [-0.2, 0) is 11.4 Å². The van der Waals surface area contributed by atoms with E-state index in [1.54, 1.807) is 6.20 Å². The normalized spacial score (nSPS) is 13.9. The molecule has 0 spiro atoms. The minimum Gasteiger partial charge on any atom is -0.392 e. The van der Waals surface area contributed by atoms with E-state index in [-0.39, 0.29) is 19.1 Å². The standard InChI is InChI=1S/C15H15N3O2/c1-10-6-11(9-19)7-16-15(10)18-8-14(20)17-12-4-2-3-5-13(12)18/h2-7,19H,8-9H2,1H3,(H,17,20). The second kappa shape index (κ2) is 4.94. The van der Waals surface area contributed by atoms with Gasteiger partial charge in [-0.2, -0.15) is 0 Å². The van der Waals surface area contributed by atoms with Crippen molar-refractivity contribution in [2.45, 2.75) is 13.5 Å². The number of aromatic nitrogens is 1. The third-order valence-corrected chi connectivity index (χ3v) is 3.32. The number of anilines is 3. The van der Waals surface area contributed by atoms with Gasteiger partial charge in [0.25, 0.3) is 0 Å². The third-order valence-electron chi connectivity index (χ3n) is 3.32. The lowest BCUT2D eigenvalue weighted by Crippen LogP contribution is -2.35. The average molecular weight is 269 g/mol. The number of nitrogens with one attached hydrogen (secondary N) is 1. The molecule has 1 aliphatic rings. The van der Waals surface area contributed by atoms with Crippen LogP contribution in [0.4, 0.5) is 17.2 Å². The lowest BCUT2D eigenvalue weighted by atomic mass is 10.1. The van der Waals surface area contributed by atoms with Crippen molar-refractivity contribution in [3.8, 4) is 0 Å². The summed E-state index contributed by atoms with van der Waals surface area (Å²) < 4.78 is 0. The van der Waals surface area contributed by atoms with Crippen LogP contribution < -0.4 is 10.2 Å². The molecule has 102 valence electrons. The van der Waals surface area contributed by atoms with Crippen LogP contribution in [0.25, 0.3) is 0 Å². The molecule has 2 N–H and O–H groups in total. The number of aryl methyl sites for hydroxylation is 1. The number of carbonyl (C=O) groups excluding carboxylic acids is 1. The van der Waals surface area contributed by atoms with E-state index in [1.165, 1.54) is 0 Å². The van der Waals surface area contributed by atoms with Crippen LogP contribution in [0.1, 0.15) is 11.1 Å². The topological polar surface area (TPSA) is 65.5 Å². The van der Waals surface area contributed by atoms with Gasteiger partial charge in [-0.25, -0.2) is 4.98 Å². The molecule has 0 fully saturated rings. The lowest BCUT2D eigenvalue weighted by Gasteiger charge is -2.31. The van der Waals surface area contributed by atoms with E-state index >= 15 is 0 Å². The molecule has 20 heavy (non-hydrogen) atoms. The molecule has 0 atom stereocenters. The predicted molar refractivity (Wildman–Crippen MR) is 77.0 cm³/mol. The molecule has 1 aromatic heterocycles. The van der Waals surface area contributed by atoms with Gasteiger partial charge >= 0.3 is 0 Å². The second-order valence-electron chi connectivity index (χ2n) is 4.79. The van der Waals surface area contributed by atoms with Gasteiger partial charge in [-0.15, -0.1) is 0 Å². The number of hydrogen-bond donors (Lipinski definition) is 2. The Bertz CT molecular complexity index is 670. The molecule has 1 aromatic carbocycles. The summed E-state index contributed by atoms with van der Waals surface area (Å²) in [6.07, 6.45) is 1.64. The molecule has 0 bridgehead atoms. The first-order valence-electron chi connectivity index (χ1n) is 6.42. The number of pyridine rings is 1. The number of para-hydroxylation sites is 2. The smallest absolute Gasteiger partial charge is 0.244 e. The fraction of sp³-hybridized carbons (Fsp3) is 0.200. The largest absolute Gasteiger partial charge is 0.392 e. The number of nitrogens with zero attached hydrogens (tertiary/aromatic N) is 2. The molecule has 5 heteroatoms. The highest BCUT2D eigenvalue weighted by atomic mass is 16.3. The molecule has 1 amide bonds. The highest BCUT2D eigenvalue weighted by Crippen LogP contribution is 2.35. The highest BCUT2D eigenvalue weighted by molar-refractivity contribution is 6.03. The van der Waals surface area contributed by atoms with Crippen molar-refractivity contribution in [2.24, 2.45) is 0 Å². The predicted octanol–water partition coefficient (Wildman–Crippen LogP) is 1.97. The van der Waals surface area contributed by atoms with Crippen molar-refractivity contribution in [1.82, 2.24) is 4.98 Å². The molecule has 2 aromatic rings. The Morgan fingerprint density at radius 2 is 2.20 bits per heavy atom. The summed E-state index contributed by atoms with van der Waals surface area (Å²) in [7, 11) is 0. The van der Waals surface area contributed by atoms with Crippen molar-refractivity contribution in [1.29, 1.82) is 0 Å². The van der Waals surface area contributed by atoms with Crippen molar-refractivity contribution in [3.63, 3.8) is 0 Å². The maximum absolute atomic E-state index is 11.8. The maximum Gasteiger partial charge on any atom is 0.244 e. The van der Waals surface area contributed by atoms with Crippen molar-refractivity contribution >= 4 is 23.1 Å². The number of rotatable bonds is 2. The molecule has 1 aliphatic heterocycles. The summed E-state index contributed by atoms with van der Waals surface area (Å²) in [6.45, 7) is 2.13. The molecule has 0 radical (unpaired) electrons. The van der Waals surface area contributed by atoms with Crippen molar-refractivity contribution < 1.29 is 9.90 Å². The van der Waals surface area contributed by atoms with Gasteiger partial charge in [-0.1, -0.05) is 12.1 Å². The Hall–Kier alpha value is -2.40. The minimum atomic E-state index is -0.0591. The summed E-state index contributed by atoms with van der Waals surface area (Å²) in [5.41, 5.74) is 3.41. The summed E-state index contributed by atoms with van der Waals surface area (Å²) in [4.78, 5) is 18.1. The Balaban J connectivity index is 2.08. The van der Waals surface area contributed by atoms with E-state index in [1.807, 2.05) is 42.2 Å². The van der Waals surface area contributed by atoms with Crippen LogP contribution in [0.3, 0.4) is 0 Å². The van der Waals surface area contributed by atoms with Crippen LogP contribution >= 0.6 is 0 Å². The summed E-state index contributed by atoms with van der Waals surface area (Å²) in [5.74, 6) is 0.681. The maximum atomic E-state index is 11.8. The SMILES string of the molecule is Cc1cc(CO)cnc1N1CC(=O)Nc2ccccc21. The lowest BCUT2D eigenvalue weighted by molar-refractivity contribution is -0.115. The Morgan fingerprint density at radius 1 is 1.40 bits per heavy atom. The highest BCUT2D eigenvalue weighted by Gasteiger charge is 2.24. The van der Waals surface area contributed by atoms with Gasteiger partial charge in [-0.3, -0.25) is 4.79 Å². The van der Waals surface area contributed by atoms with Gasteiger partial charge in [0.15, 0.2) is 0 Å². The van der Waals surface area contributed by atoms with E-state index in [4.69, 9.17) is 5.11 Å². The molecule has 0 saturated heterocycles. The van der Waals surface area contributed by atoms with Crippen molar-refractivity contribution in [3.05, 3.63) is 47.7 Å². The Kier molecular flexibility index (Phi) is 3.12. The molecular formula is C15H15N3O2. The number of hydrogen-bond acceptors (Lipinski definition) is 4. The molecule has 0 saturated carbocycles. The molecule has 0 aliphatic carbocycles. The zero-order valence-electron chi connectivity index (χ0n) is 11.1. The fourth-order valence-corrected chi connectivity index (χ4v) is 2.42. The van der Waals surface area contributed by atoms with Gasteiger partial charge in [0.2, 0.25) is 5.91 Å². The first-order chi connectivity index (χ1) is 9.69. The van der Waals surface area contributed by atoms with Gasteiger partial charge in [-0.05, 0) is 36.2 Å². The zero-order valence-corrected chi connectivity index (χ0v) is 11.1. The van der Waals surface area contributed by atoms with E-state index in [2.05, 4.69) is 10.3 Å². The molecule has 2 heterocycles. The molecule has 5 nitrogen and oxygen atoms in total. The van der Waals surface area contributed by atoms with Crippen molar-refractivity contribution in [2.75, 3.05) is 16.8 Å². The average Bonchev–Trinajstić information content (AvgIpc) is 2.46. The summed E-state index contributed by atoms with van der Waals surface area (Å²) >= 11 is 0. The van der Waals surface area contributed by atoms with E-state index in [0.717, 1.165) is 28.3 Å². The van der Waals surface area contributed by atoms with Gasteiger partial charge in [0, 0.05) is 6.20 Å². The van der Waals surface area contributed by atoms with Gasteiger partial charge < -0.3 is 15.3 Å². The number of carbonyl (C=O) groups is 1. The quantitative estimate of drug-likeness (QED) is 0.875. The number of fused-ring (bicyclic) bond motifs is 1. The first-order valence-corrected chi connectivity index (χ1v) is 6.42. The summed E-state index contributed by atoms with van der Waals surface area (Å²) in [6, 6.07) is 9.53. The first kappa shape index (κ1) is 12.6. The molecule has 0 unspecified atom stereocenters. The molecular weight excluding hydrogens is 254 g/mol. The van der Waals surface area contributed by atoms with E-state index < -0.39 is 0 Å². The number of aliphatic hydroxyl groups is 1. The number of aliphatic hydroxyl groups excluding tert-OH is 1. The number of amides is 1. The molecule has 3 rings (SSSR count). The zero-order chi connectivity index (χ0) is 14.1. The van der Waals surface area contributed by atoms with Crippen LogP contribution in [0.15, 0.2) is 36.5 Å². The number of benzene rings is 1.